The number of halogens is 3. The van der Waals surface area contributed by atoms with Crippen molar-refractivity contribution in [2.45, 2.75) is 13.8 Å². The molecule has 1 aliphatic rings. The first-order valence-electron chi connectivity index (χ1n) is 8.94. The molecule has 0 radical (unpaired) electrons. The minimum atomic E-state index is -0.119. The zero-order valence-corrected chi connectivity index (χ0v) is 20.7. The van der Waals surface area contributed by atoms with Gasteiger partial charge >= 0.3 is 0 Å². The summed E-state index contributed by atoms with van der Waals surface area (Å²) in [5.74, 6) is -0.119. The molecule has 0 atom stereocenters. The fraction of sp³-hybridized carbons (Fsp3) is 0.0909. The number of rotatable bonds is 3. The molecule has 0 N–H and O–H groups in total. The van der Waals surface area contributed by atoms with E-state index in [2.05, 4.69) is 20.5 Å². The summed E-state index contributed by atoms with van der Waals surface area (Å²) >= 11 is 22.5. The van der Waals surface area contributed by atoms with Crippen LogP contribution in [0.25, 0.3) is 11.8 Å². The number of anilines is 1. The molecule has 1 amide bonds. The second-order valence-corrected chi connectivity index (χ2v) is 10.2. The maximum atomic E-state index is 13.1. The van der Waals surface area contributed by atoms with E-state index in [1.165, 1.54) is 11.8 Å². The molecule has 152 valence electrons. The minimum absolute atomic E-state index is 0.119. The van der Waals surface area contributed by atoms with Crippen LogP contribution in [0, 0.1) is 13.8 Å². The Morgan fingerprint density at radius 3 is 2.33 bits per heavy atom. The lowest BCUT2D eigenvalue weighted by Gasteiger charge is -2.14. The van der Waals surface area contributed by atoms with Crippen LogP contribution in [0.1, 0.15) is 17.0 Å². The van der Waals surface area contributed by atoms with Gasteiger partial charge in [-0.25, -0.2) is 0 Å². The SMILES string of the molecule is Cc1cc(/C=C2\SC(=S)N(c3ccc(Br)cc3)C2=O)c(C)n1-c1ccc(Cl)c(Cl)c1. The van der Waals surface area contributed by atoms with Gasteiger partial charge in [0.2, 0.25) is 0 Å². The van der Waals surface area contributed by atoms with Crippen LogP contribution in [-0.2, 0) is 4.79 Å². The summed E-state index contributed by atoms with van der Waals surface area (Å²) < 4.78 is 3.55. The van der Waals surface area contributed by atoms with Crippen molar-refractivity contribution in [1.29, 1.82) is 0 Å². The Morgan fingerprint density at radius 2 is 1.67 bits per heavy atom. The number of hydrogen-bond acceptors (Lipinski definition) is 3. The smallest absolute Gasteiger partial charge is 0.270 e. The summed E-state index contributed by atoms with van der Waals surface area (Å²) in [6, 6.07) is 15.1. The van der Waals surface area contributed by atoms with Gasteiger partial charge in [-0.3, -0.25) is 9.69 Å². The first-order chi connectivity index (χ1) is 14.3. The summed E-state index contributed by atoms with van der Waals surface area (Å²) in [5.41, 5.74) is 4.65. The molecule has 3 nitrogen and oxygen atoms in total. The Bertz CT molecular complexity index is 1220. The van der Waals surface area contributed by atoms with E-state index in [0.29, 0.717) is 19.3 Å². The lowest BCUT2D eigenvalue weighted by molar-refractivity contribution is -0.113. The molecule has 1 aromatic heterocycles. The molecule has 30 heavy (non-hydrogen) atoms. The van der Waals surface area contributed by atoms with E-state index < -0.39 is 0 Å². The van der Waals surface area contributed by atoms with Crippen molar-refractivity contribution in [2.75, 3.05) is 4.90 Å². The summed E-state index contributed by atoms with van der Waals surface area (Å²) in [4.78, 5) is 15.2. The third-order valence-electron chi connectivity index (χ3n) is 4.80. The van der Waals surface area contributed by atoms with Crippen LogP contribution in [0.2, 0.25) is 10.0 Å². The van der Waals surface area contributed by atoms with Crippen LogP contribution in [0.15, 0.2) is 57.9 Å². The fourth-order valence-corrected chi connectivity index (χ4v) is 5.22. The lowest BCUT2D eigenvalue weighted by atomic mass is 10.2. The lowest BCUT2D eigenvalue weighted by Crippen LogP contribution is -2.27. The normalized spacial score (nSPS) is 15.5. The summed E-state index contributed by atoms with van der Waals surface area (Å²) in [7, 11) is 0. The Kier molecular flexibility index (Phi) is 6.15. The van der Waals surface area contributed by atoms with E-state index in [1.807, 2.05) is 62.4 Å². The molecule has 0 unspecified atom stereocenters. The number of aromatic nitrogens is 1. The number of aryl methyl sites for hydroxylation is 1. The van der Waals surface area contributed by atoms with Gasteiger partial charge in [0.05, 0.1) is 20.6 Å². The molecule has 3 aromatic rings. The van der Waals surface area contributed by atoms with Crippen LogP contribution < -0.4 is 4.90 Å². The van der Waals surface area contributed by atoms with Crippen molar-refractivity contribution >= 4 is 85.1 Å². The molecule has 2 heterocycles. The van der Waals surface area contributed by atoms with Gasteiger partial charge in [-0.2, -0.15) is 0 Å². The van der Waals surface area contributed by atoms with Crippen molar-refractivity contribution in [3.63, 3.8) is 0 Å². The Balaban J connectivity index is 1.70. The van der Waals surface area contributed by atoms with Crippen LogP contribution in [-0.4, -0.2) is 14.8 Å². The van der Waals surface area contributed by atoms with Crippen molar-refractivity contribution in [2.24, 2.45) is 0 Å². The second-order valence-electron chi connectivity index (χ2n) is 6.75. The number of carbonyl (C=O) groups is 1. The highest BCUT2D eigenvalue weighted by Gasteiger charge is 2.33. The van der Waals surface area contributed by atoms with Gasteiger partial charge in [0.25, 0.3) is 5.91 Å². The molecular formula is C22H15BrCl2N2OS2. The number of carbonyl (C=O) groups excluding carboxylic acids is 1. The second kappa shape index (κ2) is 8.52. The fourth-order valence-electron chi connectivity index (χ4n) is 3.38. The number of benzene rings is 2. The molecule has 1 saturated heterocycles. The number of thiocarbonyl (C=S) groups is 1. The van der Waals surface area contributed by atoms with Crippen molar-refractivity contribution < 1.29 is 4.79 Å². The third kappa shape index (κ3) is 3.99. The predicted octanol–water partition coefficient (Wildman–Crippen LogP) is 7.57. The highest BCUT2D eigenvalue weighted by molar-refractivity contribution is 9.10. The van der Waals surface area contributed by atoms with Gasteiger partial charge < -0.3 is 4.57 Å². The highest BCUT2D eigenvalue weighted by Crippen LogP contribution is 2.37. The average molecular weight is 538 g/mol. The number of hydrogen-bond donors (Lipinski definition) is 0. The largest absolute Gasteiger partial charge is 0.318 e. The summed E-state index contributed by atoms with van der Waals surface area (Å²) in [5, 5.41) is 1.01. The first-order valence-corrected chi connectivity index (χ1v) is 11.7. The van der Waals surface area contributed by atoms with E-state index in [1.54, 1.807) is 11.0 Å². The monoisotopic (exact) mass is 536 g/mol. The van der Waals surface area contributed by atoms with Crippen molar-refractivity contribution in [3.8, 4) is 5.69 Å². The Hall–Kier alpha value is -1.57. The molecule has 1 fully saturated rings. The molecule has 8 heteroatoms. The van der Waals surface area contributed by atoms with Gasteiger partial charge in [0.15, 0.2) is 4.32 Å². The predicted molar refractivity (Wildman–Crippen MR) is 135 cm³/mol. The van der Waals surface area contributed by atoms with Gasteiger partial charge in [0, 0.05) is 21.5 Å². The zero-order chi connectivity index (χ0) is 21.6. The maximum absolute atomic E-state index is 13.1. The Labute approximate surface area is 202 Å². The van der Waals surface area contributed by atoms with Crippen LogP contribution >= 0.6 is 63.1 Å². The van der Waals surface area contributed by atoms with Gasteiger partial charge in [0.1, 0.15) is 0 Å². The van der Waals surface area contributed by atoms with Gasteiger partial charge in [-0.05, 0) is 74.0 Å². The molecule has 0 spiro atoms. The van der Waals surface area contributed by atoms with E-state index >= 15 is 0 Å². The average Bonchev–Trinajstić information content (AvgIpc) is 3.13. The standard InChI is InChI=1S/C22H15BrCl2N2OS2/c1-12-9-14(13(2)26(12)17-7-8-18(24)19(25)11-17)10-20-21(28)27(22(29)30-20)16-5-3-15(23)4-6-16/h3-11H,1-2H3/b20-10-. The number of nitrogens with zero attached hydrogens (tertiary/aromatic N) is 2. The third-order valence-corrected chi connectivity index (χ3v) is 7.37. The molecule has 0 saturated carbocycles. The van der Waals surface area contributed by atoms with Crippen LogP contribution in [0.5, 0.6) is 0 Å². The van der Waals surface area contributed by atoms with Crippen LogP contribution in [0.4, 0.5) is 5.69 Å². The Morgan fingerprint density at radius 1 is 1.00 bits per heavy atom. The van der Waals surface area contributed by atoms with E-state index in [9.17, 15) is 4.79 Å². The van der Waals surface area contributed by atoms with Gasteiger partial charge in [-0.15, -0.1) is 0 Å². The van der Waals surface area contributed by atoms with E-state index in [4.69, 9.17) is 35.4 Å². The number of thioether (sulfide) groups is 1. The summed E-state index contributed by atoms with van der Waals surface area (Å²) in [6.45, 7) is 4.02. The topological polar surface area (TPSA) is 25.2 Å². The highest BCUT2D eigenvalue weighted by atomic mass is 79.9. The molecule has 2 aromatic carbocycles. The van der Waals surface area contributed by atoms with Crippen molar-refractivity contribution in [1.82, 2.24) is 4.57 Å². The number of amides is 1. The minimum Gasteiger partial charge on any atom is -0.318 e. The van der Waals surface area contributed by atoms with Gasteiger partial charge in [-0.1, -0.05) is 63.1 Å². The van der Waals surface area contributed by atoms with Crippen LogP contribution in [0.3, 0.4) is 0 Å². The molecule has 1 aliphatic heterocycles. The maximum Gasteiger partial charge on any atom is 0.270 e. The molecule has 0 aliphatic carbocycles. The zero-order valence-electron chi connectivity index (χ0n) is 15.9. The van der Waals surface area contributed by atoms with Crippen molar-refractivity contribution in [3.05, 3.63) is 84.9 Å². The molecule has 0 bridgehead atoms. The van der Waals surface area contributed by atoms with E-state index in [0.717, 1.165) is 32.8 Å². The molecular weight excluding hydrogens is 523 g/mol. The molecule has 4 rings (SSSR count). The quantitative estimate of drug-likeness (QED) is 0.254. The summed E-state index contributed by atoms with van der Waals surface area (Å²) in [6.07, 6.45) is 1.90. The first kappa shape index (κ1) is 21.7. The van der Waals surface area contributed by atoms with E-state index in [-0.39, 0.29) is 5.91 Å².